The summed E-state index contributed by atoms with van der Waals surface area (Å²) in [6, 6.07) is 14.6. The molecule has 1 heterocycles. The van der Waals surface area contributed by atoms with Crippen LogP contribution in [0.2, 0.25) is 0 Å². The van der Waals surface area contributed by atoms with Crippen molar-refractivity contribution in [1.29, 1.82) is 0 Å². The van der Waals surface area contributed by atoms with Gasteiger partial charge in [0, 0.05) is 35.3 Å². The number of benzene rings is 2. The predicted octanol–water partition coefficient (Wildman–Crippen LogP) is 3.96. The van der Waals surface area contributed by atoms with Crippen molar-refractivity contribution >= 4 is 21.6 Å². The van der Waals surface area contributed by atoms with Crippen LogP contribution >= 0.6 is 0 Å². The Balaban J connectivity index is 1.52. The normalized spacial score (nSPS) is 16.2. The van der Waals surface area contributed by atoms with E-state index in [9.17, 15) is 13.2 Å². The van der Waals surface area contributed by atoms with E-state index in [0.29, 0.717) is 12.2 Å². The zero-order valence-corrected chi connectivity index (χ0v) is 17.8. The van der Waals surface area contributed by atoms with Gasteiger partial charge in [-0.1, -0.05) is 30.3 Å². The Kier molecular flexibility index (Phi) is 4.87. The van der Waals surface area contributed by atoms with Gasteiger partial charge in [-0.05, 0) is 60.6 Å². The van der Waals surface area contributed by atoms with Crippen molar-refractivity contribution in [2.45, 2.75) is 43.0 Å². The fourth-order valence-corrected chi connectivity index (χ4v) is 5.36. The second-order valence-corrected chi connectivity index (χ2v) is 9.94. The second kappa shape index (κ2) is 7.59. The van der Waals surface area contributed by atoms with E-state index in [1.54, 1.807) is 24.4 Å². The van der Waals surface area contributed by atoms with Gasteiger partial charge in [-0.2, -0.15) is 0 Å². The summed E-state index contributed by atoms with van der Waals surface area (Å²) in [6.45, 7) is 0. The van der Waals surface area contributed by atoms with Gasteiger partial charge < -0.3 is 5.73 Å². The largest absolute Gasteiger partial charge is 0.383 e. The van der Waals surface area contributed by atoms with Gasteiger partial charge >= 0.3 is 0 Å². The minimum absolute atomic E-state index is 0.0503. The second-order valence-electron chi connectivity index (χ2n) is 8.23. The molecule has 6 nitrogen and oxygen atoms in total. The van der Waals surface area contributed by atoms with Crippen molar-refractivity contribution < 1.29 is 13.2 Å². The molecule has 31 heavy (non-hydrogen) atoms. The quantitative estimate of drug-likeness (QED) is 0.634. The van der Waals surface area contributed by atoms with Crippen molar-refractivity contribution in [2.24, 2.45) is 0 Å². The molecule has 1 saturated carbocycles. The molecule has 0 aliphatic heterocycles. The lowest BCUT2D eigenvalue weighted by Gasteiger charge is -2.16. The van der Waals surface area contributed by atoms with Crippen molar-refractivity contribution in [3.05, 3.63) is 65.9 Å². The van der Waals surface area contributed by atoms with E-state index in [4.69, 9.17) is 5.73 Å². The number of pyridine rings is 1. The number of hydrogen-bond acceptors (Lipinski definition) is 5. The molecule has 0 unspecified atom stereocenters. The highest BCUT2D eigenvalue weighted by molar-refractivity contribution is 7.89. The predicted molar refractivity (Wildman–Crippen MR) is 120 cm³/mol. The molecule has 5 rings (SSSR count). The van der Waals surface area contributed by atoms with Crippen LogP contribution in [0.15, 0.2) is 59.6 Å². The number of nitrogens with one attached hydrogen (secondary N) is 1. The first-order chi connectivity index (χ1) is 14.9. The maximum absolute atomic E-state index is 12.6. The number of sulfonamides is 1. The molecule has 0 atom stereocenters. The Morgan fingerprint density at radius 3 is 2.58 bits per heavy atom. The van der Waals surface area contributed by atoms with Gasteiger partial charge in [-0.3, -0.25) is 4.79 Å². The summed E-state index contributed by atoms with van der Waals surface area (Å²) < 4.78 is 27.9. The molecule has 3 N–H and O–H groups in total. The van der Waals surface area contributed by atoms with Crippen LogP contribution in [-0.2, 0) is 16.4 Å². The van der Waals surface area contributed by atoms with Crippen LogP contribution in [0, 0.1) is 0 Å². The van der Waals surface area contributed by atoms with Crippen LogP contribution < -0.4 is 10.5 Å². The first-order valence-electron chi connectivity index (χ1n) is 10.5. The van der Waals surface area contributed by atoms with Crippen LogP contribution in [0.5, 0.6) is 0 Å². The van der Waals surface area contributed by atoms with Crippen LogP contribution in [0.1, 0.15) is 41.6 Å². The van der Waals surface area contributed by atoms with Crippen LogP contribution in [-0.4, -0.2) is 25.2 Å². The first kappa shape index (κ1) is 19.9. The molecule has 0 bridgehead atoms. The van der Waals surface area contributed by atoms with Gasteiger partial charge in [0.2, 0.25) is 10.0 Å². The summed E-state index contributed by atoms with van der Waals surface area (Å²) in [4.78, 5) is 16.7. The highest BCUT2D eigenvalue weighted by atomic mass is 32.2. The molecule has 2 aliphatic rings. The van der Waals surface area contributed by atoms with E-state index < -0.39 is 10.0 Å². The summed E-state index contributed by atoms with van der Waals surface area (Å²) in [5, 5.41) is 0. The van der Waals surface area contributed by atoms with Gasteiger partial charge in [0.05, 0.1) is 4.90 Å². The zero-order valence-electron chi connectivity index (χ0n) is 17.0. The average Bonchev–Trinajstić information content (AvgIpc) is 3.57. The number of aryl methyl sites for hydroxylation is 1. The molecule has 1 fully saturated rings. The monoisotopic (exact) mass is 433 g/mol. The molecular formula is C24H23N3O3S. The third-order valence-corrected chi connectivity index (χ3v) is 7.38. The number of fused-ring (bicyclic) bond motifs is 1. The highest BCUT2D eigenvalue weighted by Crippen LogP contribution is 2.33. The van der Waals surface area contributed by atoms with Crippen LogP contribution in [0.25, 0.3) is 22.3 Å². The number of Topliss-reactive ketones (excluding diaryl/α,β-unsaturated/α-hetero) is 1. The van der Waals surface area contributed by atoms with Crippen molar-refractivity contribution in [1.82, 2.24) is 9.71 Å². The minimum Gasteiger partial charge on any atom is -0.383 e. The number of nitrogens with two attached hydrogens (primary N) is 1. The average molecular weight is 434 g/mol. The third-order valence-electron chi connectivity index (χ3n) is 5.86. The van der Waals surface area contributed by atoms with Crippen LogP contribution in [0.4, 0.5) is 5.82 Å². The number of rotatable bonds is 5. The van der Waals surface area contributed by atoms with E-state index in [-0.39, 0.29) is 16.7 Å². The summed E-state index contributed by atoms with van der Waals surface area (Å²) in [5.74, 6) is 0.579. The lowest BCUT2D eigenvalue weighted by Crippen LogP contribution is -2.25. The van der Waals surface area contributed by atoms with E-state index in [1.165, 1.54) is 0 Å². The number of ketones is 1. The summed E-state index contributed by atoms with van der Waals surface area (Å²) >= 11 is 0. The van der Waals surface area contributed by atoms with E-state index in [1.807, 2.05) is 30.3 Å². The number of hydrogen-bond donors (Lipinski definition) is 2. The summed E-state index contributed by atoms with van der Waals surface area (Å²) in [5.41, 5.74) is 11.2. The Hall–Kier alpha value is -3.03. The van der Waals surface area contributed by atoms with Crippen molar-refractivity contribution in [3.8, 4) is 22.3 Å². The number of carbonyl (C=O) groups excluding carboxylic acids is 1. The lowest BCUT2D eigenvalue weighted by molar-refractivity contribution is 0.0972. The first-order valence-corrected chi connectivity index (χ1v) is 11.9. The molecule has 7 heteroatoms. The zero-order chi connectivity index (χ0) is 21.6. The Bertz CT molecular complexity index is 1300. The van der Waals surface area contributed by atoms with Crippen molar-refractivity contribution in [2.75, 3.05) is 5.73 Å². The fourth-order valence-electron chi connectivity index (χ4n) is 4.01. The molecule has 0 saturated heterocycles. The van der Waals surface area contributed by atoms with E-state index in [0.717, 1.165) is 59.1 Å². The van der Waals surface area contributed by atoms with Gasteiger partial charge in [-0.15, -0.1) is 0 Å². The minimum atomic E-state index is -3.54. The van der Waals surface area contributed by atoms with Gasteiger partial charge in [0.1, 0.15) is 5.82 Å². The number of anilines is 1. The number of nitrogens with zero attached hydrogens (tertiary/aromatic N) is 1. The molecule has 2 aliphatic carbocycles. The maximum atomic E-state index is 12.6. The van der Waals surface area contributed by atoms with Gasteiger partial charge in [-0.25, -0.2) is 18.1 Å². The topological polar surface area (TPSA) is 102 Å². The third kappa shape index (κ3) is 3.98. The highest BCUT2D eigenvalue weighted by Gasteiger charge is 2.28. The lowest BCUT2D eigenvalue weighted by atomic mass is 9.88. The smallest absolute Gasteiger partial charge is 0.240 e. The molecule has 0 radical (unpaired) electrons. The van der Waals surface area contributed by atoms with Gasteiger partial charge in [0.25, 0.3) is 0 Å². The number of aromatic nitrogens is 1. The van der Waals surface area contributed by atoms with E-state index >= 15 is 0 Å². The summed E-state index contributed by atoms with van der Waals surface area (Å²) in [6.07, 6.45) is 5.75. The van der Waals surface area contributed by atoms with E-state index in [2.05, 4.69) is 9.71 Å². The number of nitrogen functional groups attached to an aromatic ring is 1. The van der Waals surface area contributed by atoms with Crippen LogP contribution in [0.3, 0.4) is 0 Å². The molecule has 1 aromatic heterocycles. The Morgan fingerprint density at radius 2 is 1.77 bits per heavy atom. The van der Waals surface area contributed by atoms with Crippen molar-refractivity contribution in [3.63, 3.8) is 0 Å². The number of carbonyl (C=O) groups is 1. The van der Waals surface area contributed by atoms with Gasteiger partial charge in [0.15, 0.2) is 5.78 Å². The molecule has 2 aromatic carbocycles. The molecule has 0 amide bonds. The molecular weight excluding hydrogens is 410 g/mol. The Labute approximate surface area is 181 Å². The molecule has 158 valence electrons. The fraction of sp³-hybridized carbons (Fsp3) is 0.250. The summed E-state index contributed by atoms with van der Waals surface area (Å²) in [7, 11) is -3.54. The maximum Gasteiger partial charge on any atom is 0.240 e. The standard InChI is InChI=1S/C24H23N3O3S/c25-24-22(17-7-10-21-16(11-17)4-2-6-23(21)28)13-18(14-26-24)15-3-1-5-20(12-15)31(29,30)27-19-8-9-19/h1,3,5,7,10-14,19,27H,2,4,6,8-9H2,(H2,25,26). The molecule has 3 aromatic rings. The molecule has 0 spiro atoms. The SMILES string of the molecule is Nc1ncc(-c2cccc(S(=O)(=O)NC3CC3)c2)cc1-c1ccc2c(c1)CCCC2=O. The Morgan fingerprint density at radius 1 is 0.935 bits per heavy atom.